The van der Waals surface area contributed by atoms with Crippen LogP contribution in [0.3, 0.4) is 0 Å². The molecule has 0 bridgehead atoms. The second kappa shape index (κ2) is 8.15. The van der Waals surface area contributed by atoms with E-state index in [4.69, 9.17) is 0 Å². The summed E-state index contributed by atoms with van der Waals surface area (Å²) in [5.74, 6) is -1.47. The molecule has 0 saturated heterocycles. The van der Waals surface area contributed by atoms with Crippen LogP contribution in [0.4, 0.5) is 4.39 Å². The van der Waals surface area contributed by atoms with Gasteiger partial charge in [-0.1, -0.05) is 0 Å². The number of carbonyl (C=O) groups is 2. The molecule has 3 rings (SSSR count). The number of aromatic nitrogens is 2. The van der Waals surface area contributed by atoms with E-state index >= 15 is 0 Å². The number of nitrogens with zero attached hydrogens (tertiary/aromatic N) is 2. The standard InChI is InChI=1S/C18H13AsBrFN3O3/c1-19-16(26)12-7-10(21)5-4-9(12)8-23-18(27)14-15(25)13-11(17(20)24-14)3-2-6-22-13/h2-7,25H,8H2,1H3,(H,23,27). The van der Waals surface area contributed by atoms with E-state index < -0.39 is 27.5 Å². The van der Waals surface area contributed by atoms with Gasteiger partial charge in [0, 0.05) is 0 Å². The molecular weight excluding hydrogens is 480 g/mol. The van der Waals surface area contributed by atoms with Gasteiger partial charge in [-0.25, -0.2) is 0 Å². The van der Waals surface area contributed by atoms with Crippen LogP contribution in [0.15, 0.2) is 41.1 Å². The van der Waals surface area contributed by atoms with Gasteiger partial charge in [0.1, 0.15) is 0 Å². The molecule has 27 heavy (non-hydrogen) atoms. The second-order valence-electron chi connectivity index (χ2n) is 5.51. The summed E-state index contributed by atoms with van der Waals surface area (Å²) in [6.45, 7) is 0.000299. The minimum atomic E-state index is -0.631. The summed E-state index contributed by atoms with van der Waals surface area (Å²) >= 11 is 2.66. The van der Waals surface area contributed by atoms with Crippen molar-refractivity contribution in [3.63, 3.8) is 0 Å². The molecule has 0 saturated carbocycles. The first-order chi connectivity index (χ1) is 12.9. The Bertz CT molecular complexity index is 1060. The Hall–Kier alpha value is -2.31. The van der Waals surface area contributed by atoms with Crippen LogP contribution in [-0.4, -0.2) is 41.3 Å². The fourth-order valence-corrected chi connectivity index (χ4v) is 3.96. The maximum absolute atomic E-state index is 13.5. The van der Waals surface area contributed by atoms with Crippen LogP contribution in [-0.2, 0) is 6.54 Å². The number of benzene rings is 1. The third-order valence-electron chi connectivity index (χ3n) is 3.85. The number of nitrogens with one attached hydrogen (secondary N) is 1. The van der Waals surface area contributed by atoms with Crippen LogP contribution in [0.1, 0.15) is 26.4 Å². The van der Waals surface area contributed by atoms with E-state index in [9.17, 15) is 19.1 Å². The van der Waals surface area contributed by atoms with E-state index in [-0.39, 0.29) is 33.6 Å². The predicted octanol–water partition coefficient (Wildman–Crippen LogP) is 3.06. The molecule has 0 aliphatic heterocycles. The number of halogens is 2. The topological polar surface area (TPSA) is 92.2 Å². The third-order valence-corrected chi connectivity index (χ3v) is 5.81. The number of hydrogen-bond donors (Lipinski definition) is 2. The Balaban J connectivity index is 1.88. The van der Waals surface area contributed by atoms with Gasteiger partial charge < -0.3 is 0 Å². The first-order valence-corrected chi connectivity index (χ1v) is 11.4. The summed E-state index contributed by atoms with van der Waals surface area (Å²) in [6, 6.07) is 7.28. The van der Waals surface area contributed by atoms with Gasteiger partial charge in [0.2, 0.25) is 0 Å². The van der Waals surface area contributed by atoms with Gasteiger partial charge in [0.05, 0.1) is 0 Å². The Morgan fingerprint density at radius 3 is 2.85 bits per heavy atom. The Labute approximate surface area is 169 Å². The first-order valence-electron chi connectivity index (χ1n) is 7.76. The van der Waals surface area contributed by atoms with Gasteiger partial charge in [-0.15, -0.1) is 0 Å². The molecular formula is C18H13AsBrFN3O3. The molecule has 3 aromatic rings. The van der Waals surface area contributed by atoms with Gasteiger partial charge in [-0.3, -0.25) is 0 Å². The van der Waals surface area contributed by atoms with Gasteiger partial charge in [0.15, 0.2) is 0 Å². The Morgan fingerprint density at radius 2 is 2.11 bits per heavy atom. The van der Waals surface area contributed by atoms with Crippen molar-refractivity contribution >= 4 is 53.1 Å². The van der Waals surface area contributed by atoms with Crippen LogP contribution < -0.4 is 5.32 Å². The summed E-state index contributed by atoms with van der Waals surface area (Å²) in [5.41, 5.74) is 2.59. The summed E-state index contributed by atoms with van der Waals surface area (Å²) in [6.07, 6.45) is 1.50. The quantitative estimate of drug-likeness (QED) is 0.422. The molecule has 0 spiro atoms. The second-order valence-corrected chi connectivity index (χ2v) is 8.05. The number of aromatic hydroxyl groups is 1. The van der Waals surface area contributed by atoms with Crippen molar-refractivity contribution in [1.82, 2.24) is 15.3 Å². The molecule has 2 N–H and O–H groups in total. The monoisotopic (exact) mass is 492 g/mol. The summed E-state index contributed by atoms with van der Waals surface area (Å²) in [4.78, 5) is 32.7. The van der Waals surface area contributed by atoms with Crippen LogP contribution >= 0.6 is 15.9 Å². The molecule has 0 fully saturated rings. The first kappa shape index (κ1) is 19.5. The number of pyridine rings is 2. The zero-order chi connectivity index (χ0) is 19.6. The molecule has 1 radical (unpaired) electrons. The molecule has 9 heteroatoms. The number of fused-ring (bicyclic) bond motifs is 1. The number of carbonyl (C=O) groups excluding carboxylic acids is 2. The normalized spacial score (nSPS) is 11.2. The summed E-state index contributed by atoms with van der Waals surface area (Å²) < 4.78 is 13.7. The number of rotatable bonds is 5. The summed E-state index contributed by atoms with van der Waals surface area (Å²) in [7, 11) is 0. The van der Waals surface area contributed by atoms with Crippen LogP contribution in [0, 0.1) is 5.82 Å². The van der Waals surface area contributed by atoms with Crippen LogP contribution in [0.2, 0.25) is 5.71 Å². The molecule has 0 unspecified atom stereocenters. The molecule has 2 aromatic heterocycles. The van der Waals surface area contributed by atoms with E-state index in [1.807, 2.05) is 0 Å². The zero-order valence-corrected chi connectivity index (χ0v) is 17.5. The molecule has 1 aromatic carbocycles. The Kier molecular flexibility index (Phi) is 5.87. The van der Waals surface area contributed by atoms with Crippen molar-refractivity contribution in [2.75, 3.05) is 0 Å². The predicted molar refractivity (Wildman–Crippen MR) is 102 cm³/mol. The van der Waals surface area contributed by atoms with Gasteiger partial charge in [0.25, 0.3) is 0 Å². The van der Waals surface area contributed by atoms with E-state index in [1.165, 1.54) is 24.4 Å². The van der Waals surface area contributed by atoms with Crippen molar-refractivity contribution in [1.29, 1.82) is 0 Å². The van der Waals surface area contributed by atoms with E-state index in [0.29, 0.717) is 15.6 Å². The number of amides is 1. The fourth-order valence-electron chi connectivity index (χ4n) is 2.52. The molecule has 1 amide bonds. The van der Waals surface area contributed by atoms with Gasteiger partial charge in [-0.2, -0.15) is 0 Å². The van der Waals surface area contributed by atoms with Gasteiger partial charge >= 0.3 is 169 Å². The molecule has 6 nitrogen and oxygen atoms in total. The van der Waals surface area contributed by atoms with Crippen molar-refractivity contribution in [2.45, 2.75) is 12.3 Å². The van der Waals surface area contributed by atoms with Gasteiger partial charge in [-0.05, 0) is 0 Å². The number of hydrogen-bond acceptors (Lipinski definition) is 5. The fraction of sp³-hybridized carbons (Fsp3) is 0.111. The van der Waals surface area contributed by atoms with E-state index in [2.05, 4.69) is 31.2 Å². The van der Waals surface area contributed by atoms with Crippen molar-refractivity contribution < 1.29 is 19.1 Å². The SMILES string of the molecule is C[As]C(=O)c1cc(F)ccc1CNC(=O)c1nc(Br)c2cccnc2c1O. The maximum atomic E-state index is 13.5. The summed E-state index contributed by atoms with van der Waals surface area (Å²) in [5, 5.41) is 13.5. The Morgan fingerprint density at radius 1 is 1.33 bits per heavy atom. The molecule has 137 valence electrons. The third kappa shape index (κ3) is 4.01. The minimum absolute atomic E-state index is 0.000299. The van der Waals surface area contributed by atoms with Crippen molar-refractivity contribution in [3.8, 4) is 5.75 Å². The average Bonchev–Trinajstić information content (AvgIpc) is 2.68. The van der Waals surface area contributed by atoms with Crippen LogP contribution in [0.5, 0.6) is 5.75 Å². The van der Waals surface area contributed by atoms with E-state index in [0.717, 1.165) is 0 Å². The van der Waals surface area contributed by atoms with Crippen molar-refractivity contribution in [2.24, 2.45) is 0 Å². The molecule has 2 heterocycles. The molecule has 0 aliphatic carbocycles. The molecule has 0 aliphatic rings. The van der Waals surface area contributed by atoms with Crippen molar-refractivity contribution in [3.05, 3.63) is 63.8 Å². The zero-order valence-electron chi connectivity index (χ0n) is 14.0. The average molecular weight is 493 g/mol. The molecule has 0 atom stereocenters. The van der Waals surface area contributed by atoms with E-state index in [1.54, 1.807) is 17.8 Å². The van der Waals surface area contributed by atoms with Crippen LogP contribution in [0.25, 0.3) is 10.9 Å².